The van der Waals surface area contributed by atoms with Crippen LogP contribution in [-0.4, -0.2) is 23.3 Å². The molecule has 3 fully saturated rings. The van der Waals surface area contributed by atoms with Gasteiger partial charge in [-0.15, -0.1) is 0 Å². The molecule has 1 spiro atoms. The van der Waals surface area contributed by atoms with Gasteiger partial charge in [-0.05, 0) is 38.5 Å². The van der Waals surface area contributed by atoms with Crippen LogP contribution in [0.5, 0.6) is 0 Å². The van der Waals surface area contributed by atoms with Crippen molar-refractivity contribution in [3.05, 3.63) is 0 Å². The third-order valence-electron chi connectivity index (χ3n) is 4.88. The molecule has 0 aromatic heterocycles. The second kappa shape index (κ2) is 3.98. The van der Waals surface area contributed by atoms with Crippen LogP contribution in [-0.2, 0) is 14.3 Å². The van der Waals surface area contributed by atoms with Gasteiger partial charge >= 0.3 is 5.97 Å². The standard InChI is InChI=1S/C14H22O3/c1-2-14(12(15)16-11-7-6-8-11)13(17-14)9-4-3-5-10-13/h11H,2-10H2,1H3. The first kappa shape index (κ1) is 11.5. The van der Waals surface area contributed by atoms with Crippen molar-refractivity contribution in [2.75, 3.05) is 0 Å². The van der Waals surface area contributed by atoms with E-state index < -0.39 is 5.60 Å². The number of hydrogen-bond acceptors (Lipinski definition) is 3. The van der Waals surface area contributed by atoms with E-state index in [2.05, 4.69) is 0 Å². The highest BCUT2D eigenvalue weighted by Gasteiger charge is 2.73. The Morgan fingerprint density at radius 2 is 1.94 bits per heavy atom. The van der Waals surface area contributed by atoms with Crippen LogP contribution >= 0.6 is 0 Å². The Hall–Kier alpha value is -0.570. The van der Waals surface area contributed by atoms with E-state index >= 15 is 0 Å². The molecule has 17 heavy (non-hydrogen) atoms. The Labute approximate surface area is 103 Å². The molecule has 3 heteroatoms. The number of rotatable bonds is 3. The van der Waals surface area contributed by atoms with Gasteiger partial charge in [0.25, 0.3) is 0 Å². The van der Waals surface area contributed by atoms with Gasteiger partial charge in [0.15, 0.2) is 5.60 Å². The fourth-order valence-electron chi connectivity index (χ4n) is 3.44. The molecular weight excluding hydrogens is 216 g/mol. The van der Waals surface area contributed by atoms with Crippen LogP contribution in [0.1, 0.15) is 64.7 Å². The number of ether oxygens (including phenoxy) is 2. The largest absolute Gasteiger partial charge is 0.460 e. The molecule has 0 N–H and O–H groups in total. The van der Waals surface area contributed by atoms with Crippen LogP contribution in [0.2, 0.25) is 0 Å². The molecule has 1 saturated heterocycles. The first-order valence-corrected chi connectivity index (χ1v) is 7.14. The van der Waals surface area contributed by atoms with Crippen molar-refractivity contribution in [2.24, 2.45) is 0 Å². The summed E-state index contributed by atoms with van der Waals surface area (Å²) < 4.78 is 11.5. The molecule has 1 atom stereocenters. The van der Waals surface area contributed by atoms with Crippen molar-refractivity contribution in [3.63, 3.8) is 0 Å². The number of carbonyl (C=O) groups is 1. The van der Waals surface area contributed by atoms with Gasteiger partial charge in [-0.2, -0.15) is 0 Å². The van der Waals surface area contributed by atoms with Gasteiger partial charge in [0, 0.05) is 0 Å². The van der Waals surface area contributed by atoms with Crippen molar-refractivity contribution in [2.45, 2.75) is 82.0 Å². The maximum absolute atomic E-state index is 12.3. The van der Waals surface area contributed by atoms with Crippen LogP contribution in [0.3, 0.4) is 0 Å². The molecule has 2 aliphatic carbocycles. The zero-order valence-electron chi connectivity index (χ0n) is 10.7. The molecule has 0 radical (unpaired) electrons. The minimum Gasteiger partial charge on any atom is -0.460 e. The monoisotopic (exact) mass is 238 g/mol. The second-order valence-corrected chi connectivity index (χ2v) is 5.80. The van der Waals surface area contributed by atoms with Gasteiger partial charge in [-0.3, -0.25) is 0 Å². The van der Waals surface area contributed by atoms with Crippen LogP contribution < -0.4 is 0 Å². The minimum atomic E-state index is -0.580. The minimum absolute atomic E-state index is 0.0772. The Morgan fingerprint density at radius 1 is 1.24 bits per heavy atom. The lowest BCUT2D eigenvalue weighted by Gasteiger charge is -2.28. The van der Waals surface area contributed by atoms with Crippen molar-refractivity contribution >= 4 is 5.97 Å². The average Bonchev–Trinajstić information content (AvgIpc) is 2.93. The average molecular weight is 238 g/mol. The van der Waals surface area contributed by atoms with Crippen molar-refractivity contribution in [1.29, 1.82) is 0 Å². The summed E-state index contributed by atoms with van der Waals surface area (Å²) >= 11 is 0. The molecule has 0 aromatic rings. The lowest BCUT2D eigenvalue weighted by molar-refractivity contribution is -0.159. The number of carbonyl (C=O) groups excluding carboxylic acids is 1. The highest BCUT2D eigenvalue weighted by Crippen LogP contribution is 2.59. The van der Waals surface area contributed by atoms with E-state index in [4.69, 9.17) is 9.47 Å². The second-order valence-electron chi connectivity index (χ2n) is 5.80. The Balaban J connectivity index is 1.68. The summed E-state index contributed by atoms with van der Waals surface area (Å²) in [6.45, 7) is 2.05. The van der Waals surface area contributed by atoms with Gasteiger partial charge < -0.3 is 9.47 Å². The fraction of sp³-hybridized carbons (Fsp3) is 0.929. The highest BCUT2D eigenvalue weighted by molar-refractivity contribution is 5.85. The van der Waals surface area contributed by atoms with Gasteiger partial charge in [-0.1, -0.05) is 26.2 Å². The van der Waals surface area contributed by atoms with Crippen LogP contribution in [0, 0.1) is 0 Å². The van der Waals surface area contributed by atoms with E-state index in [9.17, 15) is 4.79 Å². The summed E-state index contributed by atoms with van der Waals surface area (Å²) in [5.41, 5.74) is -0.732. The zero-order valence-corrected chi connectivity index (χ0v) is 10.7. The van der Waals surface area contributed by atoms with Crippen molar-refractivity contribution in [3.8, 4) is 0 Å². The lowest BCUT2D eigenvalue weighted by Crippen LogP contribution is -2.39. The maximum atomic E-state index is 12.3. The van der Waals surface area contributed by atoms with E-state index in [0.29, 0.717) is 0 Å². The first-order chi connectivity index (χ1) is 8.22. The summed E-state index contributed by atoms with van der Waals surface area (Å²) in [4.78, 5) is 12.3. The normalized spacial score (nSPS) is 35.4. The molecule has 1 aliphatic heterocycles. The highest BCUT2D eigenvalue weighted by atomic mass is 16.7. The summed E-state index contributed by atoms with van der Waals surface area (Å²) in [6, 6.07) is 0. The molecule has 0 aromatic carbocycles. The lowest BCUT2D eigenvalue weighted by atomic mass is 9.78. The Kier molecular flexibility index (Phi) is 2.69. The molecule has 2 saturated carbocycles. The predicted octanol–water partition coefficient (Wildman–Crippen LogP) is 2.96. The molecule has 3 rings (SSSR count). The van der Waals surface area contributed by atoms with E-state index in [1.165, 1.54) is 25.7 Å². The molecule has 3 nitrogen and oxygen atoms in total. The van der Waals surface area contributed by atoms with E-state index in [1.54, 1.807) is 0 Å². The topological polar surface area (TPSA) is 38.8 Å². The summed E-state index contributed by atoms with van der Waals surface area (Å²) in [7, 11) is 0. The fourth-order valence-corrected chi connectivity index (χ4v) is 3.44. The van der Waals surface area contributed by atoms with Gasteiger partial charge in [-0.25, -0.2) is 4.79 Å². The molecule has 96 valence electrons. The summed E-state index contributed by atoms with van der Waals surface area (Å²) in [5.74, 6) is -0.0772. The van der Waals surface area contributed by atoms with E-state index in [1.807, 2.05) is 6.92 Å². The number of esters is 1. The smallest absolute Gasteiger partial charge is 0.341 e. The van der Waals surface area contributed by atoms with E-state index in [0.717, 1.165) is 32.1 Å². The van der Waals surface area contributed by atoms with Crippen molar-refractivity contribution in [1.82, 2.24) is 0 Å². The Bertz CT molecular complexity index is 315. The molecular formula is C14H22O3. The summed E-state index contributed by atoms with van der Waals surface area (Å²) in [6.07, 6.45) is 9.97. The molecule has 0 amide bonds. The molecule has 0 bridgehead atoms. The predicted molar refractivity (Wildman–Crippen MR) is 63.7 cm³/mol. The van der Waals surface area contributed by atoms with Gasteiger partial charge in [0.2, 0.25) is 0 Å². The first-order valence-electron chi connectivity index (χ1n) is 7.14. The Morgan fingerprint density at radius 3 is 2.47 bits per heavy atom. The molecule has 1 unspecified atom stereocenters. The molecule has 3 aliphatic rings. The quantitative estimate of drug-likeness (QED) is 0.560. The zero-order chi connectivity index (χ0) is 11.9. The van der Waals surface area contributed by atoms with Crippen molar-refractivity contribution < 1.29 is 14.3 Å². The van der Waals surface area contributed by atoms with Crippen LogP contribution in [0.15, 0.2) is 0 Å². The molecule has 1 heterocycles. The van der Waals surface area contributed by atoms with Crippen LogP contribution in [0.25, 0.3) is 0 Å². The third kappa shape index (κ3) is 1.62. The number of epoxide rings is 1. The number of hydrogen-bond donors (Lipinski definition) is 0. The summed E-state index contributed by atoms with van der Waals surface area (Å²) in [5, 5.41) is 0. The van der Waals surface area contributed by atoms with E-state index in [-0.39, 0.29) is 17.7 Å². The van der Waals surface area contributed by atoms with Gasteiger partial charge in [0.1, 0.15) is 11.7 Å². The SMILES string of the molecule is CCC1(C(=O)OC2CCC2)OC12CCCCC2. The van der Waals surface area contributed by atoms with Crippen LogP contribution in [0.4, 0.5) is 0 Å². The third-order valence-corrected chi connectivity index (χ3v) is 4.88. The maximum Gasteiger partial charge on any atom is 0.341 e. The van der Waals surface area contributed by atoms with Gasteiger partial charge in [0.05, 0.1) is 0 Å².